The number of nitro benzene ring substituents is 1. The molecule has 1 aromatic rings. The van der Waals surface area contributed by atoms with Gasteiger partial charge in [-0.2, -0.15) is 0 Å². The van der Waals surface area contributed by atoms with Gasteiger partial charge in [-0.05, 0) is 30.9 Å². The Morgan fingerprint density at radius 1 is 1.27 bits per heavy atom. The number of fused-ring (bicyclic) bond motifs is 4. The van der Waals surface area contributed by atoms with Crippen molar-refractivity contribution in [1.82, 2.24) is 4.90 Å². The summed E-state index contributed by atoms with van der Waals surface area (Å²) < 4.78 is 10.5. The van der Waals surface area contributed by atoms with Crippen molar-refractivity contribution in [2.75, 3.05) is 19.9 Å². The third kappa shape index (κ3) is 2.00. The van der Waals surface area contributed by atoms with Crippen LogP contribution in [-0.2, 0) is 0 Å². The fourth-order valence-electron chi connectivity index (χ4n) is 3.46. The molecule has 3 fully saturated rings. The van der Waals surface area contributed by atoms with Crippen LogP contribution in [0.1, 0.15) is 18.4 Å². The summed E-state index contributed by atoms with van der Waals surface area (Å²) in [6.07, 6.45) is 3.12. The number of rotatable bonds is 2. The van der Waals surface area contributed by atoms with Gasteiger partial charge in [-0.15, -0.1) is 0 Å². The maximum absolute atomic E-state index is 11.3. The zero-order chi connectivity index (χ0) is 15.3. The summed E-state index contributed by atoms with van der Waals surface area (Å²) in [6, 6.07) is 3.00. The predicted octanol–water partition coefficient (Wildman–Crippen LogP) is 1.75. The fraction of sp³-hybridized carbons (Fsp3) is 0.467. The summed E-state index contributed by atoms with van der Waals surface area (Å²) in [5, 5.41) is 21.7. The van der Waals surface area contributed by atoms with E-state index in [0.29, 0.717) is 17.1 Å². The summed E-state index contributed by atoms with van der Waals surface area (Å²) in [5.74, 6) is 1.15. The zero-order valence-electron chi connectivity index (χ0n) is 11.9. The van der Waals surface area contributed by atoms with E-state index in [1.165, 1.54) is 6.07 Å². The van der Waals surface area contributed by atoms with Crippen LogP contribution in [0.25, 0.3) is 6.08 Å². The quantitative estimate of drug-likeness (QED) is 0.662. The van der Waals surface area contributed by atoms with Crippen LogP contribution in [0.15, 0.2) is 17.8 Å². The highest BCUT2D eigenvalue weighted by molar-refractivity contribution is 5.69. The van der Waals surface area contributed by atoms with Crippen molar-refractivity contribution < 1.29 is 19.5 Å². The standard InChI is InChI=1S/C15H16N2O5/c18-15-9-1-3-16(4-2-9)12(15)5-10-6-13-14(22-8-21-13)7-11(10)17(19)20/h5-7,9,15,18H,1-4,8H2. The van der Waals surface area contributed by atoms with E-state index in [4.69, 9.17) is 9.47 Å². The van der Waals surface area contributed by atoms with Gasteiger partial charge in [-0.25, -0.2) is 0 Å². The Kier molecular flexibility index (Phi) is 2.97. The number of hydrogen-bond acceptors (Lipinski definition) is 6. The van der Waals surface area contributed by atoms with Crippen molar-refractivity contribution in [3.05, 3.63) is 33.5 Å². The molecule has 1 N–H and O–H groups in total. The van der Waals surface area contributed by atoms with Crippen LogP contribution in [-0.4, -0.2) is 40.9 Å². The zero-order valence-corrected chi connectivity index (χ0v) is 11.9. The Labute approximate surface area is 126 Å². The molecule has 1 atom stereocenters. The van der Waals surface area contributed by atoms with E-state index in [1.54, 1.807) is 12.1 Å². The second-order valence-electron chi connectivity index (χ2n) is 5.86. The number of ether oxygens (including phenoxy) is 2. The molecule has 2 bridgehead atoms. The molecule has 7 heteroatoms. The third-order valence-electron chi connectivity index (χ3n) is 4.68. The Bertz CT molecular complexity index is 660. The molecule has 3 saturated heterocycles. The maximum atomic E-state index is 11.3. The van der Waals surface area contributed by atoms with Crippen LogP contribution < -0.4 is 9.47 Å². The number of benzene rings is 1. The van der Waals surface area contributed by atoms with Crippen LogP contribution in [0.2, 0.25) is 0 Å². The van der Waals surface area contributed by atoms with Gasteiger partial charge in [0.25, 0.3) is 5.69 Å². The third-order valence-corrected chi connectivity index (χ3v) is 4.68. The minimum atomic E-state index is -0.549. The molecule has 1 unspecified atom stereocenters. The van der Waals surface area contributed by atoms with E-state index in [-0.39, 0.29) is 18.4 Å². The first-order valence-corrected chi connectivity index (χ1v) is 7.36. The number of aliphatic hydroxyl groups excluding tert-OH is 1. The monoisotopic (exact) mass is 304 g/mol. The van der Waals surface area contributed by atoms with Crippen molar-refractivity contribution in [3.8, 4) is 11.5 Å². The number of piperidine rings is 3. The fourth-order valence-corrected chi connectivity index (χ4v) is 3.46. The highest BCUT2D eigenvalue weighted by Crippen LogP contribution is 2.41. The van der Waals surface area contributed by atoms with Gasteiger partial charge in [0.2, 0.25) is 6.79 Å². The van der Waals surface area contributed by atoms with Gasteiger partial charge in [0, 0.05) is 18.8 Å². The van der Waals surface area contributed by atoms with Gasteiger partial charge in [0.05, 0.1) is 22.7 Å². The molecule has 4 aliphatic heterocycles. The summed E-state index contributed by atoms with van der Waals surface area (Å²) >= 11 is 0. The molecule has 0 amide bonds. The van der Waals surface area contributed by atoms with Crippen LogP contribution in [0.5, 0.6) is 11.5 Å². The average molecular weight is 304 g/mol. The highest BCUT2D eigenvalue weighted by atomic mass is 16.7. The number of aliphatic hydroxyl groups is 1. The minimum Gasteiger partial charge on any atom is -0.454 e. The van der Waals surface area contributed by atoms with E-state index >= 15 is 0 Å². The van der Waals surface area contributed by atoms with E-state index in [1.807, 2.05) is 0 Å². The van der Waals surface area contributed by atoms with Crippen molar-refractivity contribution in [2.45, 2.75) is 18.9 Å². The normalized spacial score (nSPS) is 27.5. The Morgan fingerprint density at radius 3 is 2.59 bits per heavy atom. The summed E-state index contributed by atoms with van der Waals surface area (Å²) in [5.41, 5.74) is 1.17. The number of nitro groups is 1. The topological polar surface area (TPSA) is 85.1 Å². The largest absolute Gasteiger partial charge is 0.454 e. The van der Waals surface area contributed by atoms with Gasteiger partial charge < -0.3 is 19.5 Å². The van der Waals surface area contributed by atoms with Gasteiger partial charge in [-0.3, -0.25) is 10.1 Å². The molecule has 116 valence electrons. The number of nitrogens with zero attached hydrogens (tertiary/aromatic N) is 2. The lowest BCUT2D eigenvalue weighted by molar-refractivity contribution is -0.385. The van der Waals surface area contributed by atoms with Crippen molar-refractivity contribution in [1.29, 1.82) is 0 Å². The lowest BCUT2D eigenvalue weighted by Gasteiger charge is -2.45. The molecule has 0 aliphatic carbocycles. The number of hydrogen-bond donors (Lipinski definition) is 1. The molecule has 0 spiro atoms. The van der Waals surface area contributed by atoms with Crippen molar-refractivity contribution in [3.63, 3.8) is 0 Å². The van der Waals surface area contributed by atoms with Crippen molar-refractivity contribution in [2.24, 2.45) is 5.92 Å². The van der Waals surface area contributed by atoms with E-state index < -0.39 is 11.0 Å². The second kappa shape index (κ2) is 4.88. The Hall–Kier alpha value is -2.28. The molecule has 0 aromatic heterocycles. The lowest BCUT2D eigenvalue weighted by Crippen LogP contribution is -2.48. The first-order valence-electron chi connectivity index (χ1n) is 7.36. The molecule has 1 aromatic carbocycles. The Balaban J connectivity index is 1.79. The summed E-state index contributed by atoms with van der Waals surface area (Å²) in [7, 11) is 0. The van der Waals surface area contributed by atoms with Crippen LogP contribution in [0.3, 0.4) is 0 Å². The van der Waals surface area contributed by atoms with E-state index in [9.17, 15) is 15.2 Å². The minimum absolute atomic E-state index is 0.0356. The maximum Gasteiger partial charge on any atom is 0.280 e. The molecule has 5 rings (SSSR count). The Morgan fingerprint density at radius 2 is 1.95 bits per heavy atom. The molecular weight excluding hydrogens is 288 g/mol. The average Bonchev–Trinajstić information content (AvgIpc) is 2.97. The predicted molar refractivity (Wildman–Crippen MR) is 77.5 cm³/mol. The lowest BCUT2D eigenvalue weighted by atomic mass is 9.83. The molecule has 4 aliphatic rings. The van der Waals surface area contributed by atoms with Crippen molar-refractivity contribution >= 4 is 11.8 Å². The molecule has 0 saturated carbocycles. The molecule has 0 radical (unpaired) electrons. The van der Waals surface area contributed by atoms with Crippen LogP contribution in [0, 0.1) is 16.0 Å². The molecule has 7 nitrogen and oxygen atoms in total. The van der Waals surface area contributed by atoms with Gasteiger partial charge in [-0.1, -0.05) is 0 Å². The summed E-state index contributed by atoms with van der Waals surface area (Å²) in [4.78, 5) is 13.0. The van der Waals surface area contributed by atoms with Crippen LogP contribution >= 0.6 is 0 Å². The summed E-state index contributed by atoms with van der Waals surface area (Å²) in [6.45, 7) is 1.86. The van der Waals surface area contributed by atoms with E-state index in [2.05, 4.69) is 4.90 Å². The van der Waals surface area contributed by atoms with Gasteiger partial charge in [0.1, 0.15) is 0 Å². The smallest absolute Gasteiger partial charge is 0.280 e. The SMILES string of the molecule is O=[N+]([O-])c1cc2c(cc1C=C1C(O)C3CCN1CC3)OCO2. The highest BCUT2D eigenvalue weighted by Gasteiger charge is 2.37. The van der Waals surface area contributed by atoms with Gasteiger partial charge in [0.15, 0.2) is 11.5 Å². The molecular formula is C15H16N2O5. The first-order chi connectivity index (χ1) is 10.6. The van der Waals surface area contributed by atoms with E-state index in [0.717, 1.165) is 31.6 Å². The molecule has 4 heterocycles. The van der Waals surface area contributed by atoms with Crippen LogP contribution in [0.4, 0.5) is 5.69 Å². The molecule has 22 heavy (non-hydrogen) atoms. The first kappa shape index (κ1) is 13.4. The second-order valence-corrected chi connectivity index (χ2v) is 5.86. The van der Waals surface area contributed by atoms with Gasteiger partial charge >= 0.3 is 0 Å².